The largest absolute Gasteiger partial charge is 0.482 e. The lowest BCUT2D eigenvalue weighted by molar-refractivity contribution is -0.153. The molecule has 1 saturated carbocycles. The Balaban J connectivity index is 1.65. The highest BCUT2D eigenvalue weighted by Gasteiger charge is 2.37. The Morgan fingerprint density at radius 3 is 2.63 bits per heavy atom. The number of anilines is 1. The van der Waals surface area contributed by atoms with E-state index in [0.717, 1.165) is 12.8 Å². The van der Waals surface area contributed by atoms with Gasteiger partial charge in [0.2, 0.25) is 11.8 Å². The van der Waals surface area contributed by atoms with Crippen LogP contribution >= 0.6 is 11.6 Å². The second kappa shape index (κ2) is 7.96. The fourth-order valence-electron chi connectivity index (χ4n) is 3.10. The van der Waals surface area contributed by atoms with Crippen molar-refractivity contribution in [2.45, 2.75) is 31.9 Å². The van der Waals surface area contributed by atoms with E-state index in [0.29, 0.717) is 25.9 Å². The van der Waals surface area contributed by atoms with Crippen LogP contribution in [-0.4, -0.2) is 42.6 Å². The molecular weight excluding hydrogens is 385 g/mol. The molecule has 2 fully saturated rings. The molecule has 1 aliphatic heterocycles. The lowest BCUT2D eigenvalue weighted by Crippen LogP contribution is -2.44. The van der Waals surface area contributed by atoms with Crippen LogP contribution in [0.15, 0.2) is 18.2 Å². The lowest BCUT2D eigenvalue weighted by Gasteiger charge is -2.32. The predicted molar refractivity (Wildman–Crippen MR) is 93.7 cm³/mol. The maximum atomic E-state index is 12.6. The number of ether oxygens (including phenoxy) is 1. The molecule has 1 aliphatic carbocycles. The van der Waals surface area contributed by atoms with Crippen LogP contribution in [0.25, 0.3) is 0 Å². The van der Waals surface area contributed by atoms with E-state index in [1.165, 1.54) is 18.2 Å². The minimum absolute atomic E-state index is 0.0853. The summed E-state index contributed by atoms with van der Waals surface area (Å²) in [5.74, 6) is -0.711. The summed E-state index contributed by atoms with van der Waals surface area (Å²) in [5.41, 5.74) is 0.0855. The van der Waals surface area contributed by atoms with Gasteiger partial charge in [-0.1, -0.05) is 11.6 Å². The van der Waals surface area contributed by atoms with Crippen LogP contribution in [0, 0.1) is 11.8 Å². The van der Waals surface area contributed by atoms with Crippen molar-refractivity contribution in [2.75, 3.05) is 25.0 Å². The second-order valence-electron chi connectivity index (χ2n) is 6.93. The highest BCUT2D eigenvalue weighted by atomic mass is 35.5. The number of nitrogens with zero attached hydrogens (tertiary/aromatic N) is 1. The van der Waals surface area contributed by atoms with Crippen molar-refractivity contribution in [3.05, 3.63) is 23.2 Å². The topological polar surface area (TPSA) is 58.6 Å². The van der Waals surface area contributed by atoms with Crippen LogP contribution in [-0.2, 0) is 9.59 Å². The predicted octanol–water partition coefficient (Wildman–Crippen LogP) is 3.87. The second-order valence-corrected chi connectivity index (χ2v) is 7.37. The molecule has 1 heterocycles. The van der Waals surface area contributed by atoms with Gasteiger partial charge in [0, 0.05) is 24.0 Å². The number of rotatable bonds is 5. The summed E-state index contributed by atoms with van der Waals surface area (Å²) in [7, 11) is 0. The van der Waals surface area contributed by atoms with E-state index in [1.54, 1.807) is 4.90 Å². The first kappa shape index (κ1) is 19.8. The molecule has 0 unspecified atom stereocenters. The molecule has 2 amide bonds. The Kier molecular flexibility index (Phi) is 5.83. The Labute approximate surface area is 159 Å². The monoisotopic (exact) mass is 404 g/mol. The number of carbonyl (C=O) groups excluding carboxylic acids is 2. The first-order chi connectivity index (χ1) is 12.7. The molecule has 1 saturated heterocycles. The van der Waals surface area contributed by atoms with E-state index < -0.39 is 18.7 Å². The van der Waals surface area contributed by atoms with Crippen LogP contribution < -0.4 is 10.1 Å². The normalized spacial score (nSPS) is 20.3. The smallest absolute Gasteiger partial charge is 0.422 e. The van der Waals surface area contributed by atoms with Crippen molar-refractivity contribution in [1.29, 1.82) is 0 Å². The quantitative estimate of drug-likeness (QED) is 0.810. The summed E-state index contributed by atoms with van der Waals surface area (Å²) < 4.78 is 42.0. The molecule has 0 radical (unpaired) electrons. The third-order valence-electron chi connectivity index (χ3n) is 4.62. The molecule has 0 spiro atoms. The van der Waals surface area contributed by atoms with Crippen molar-refractivity contribution >= 4 is 29.1 Å². The summed E-state index contributed by atoms with van der Waals surface area (Å²) in [5, 5.41) is 2.87. The molecule has 0 aromatic heterocycles. The van der Waals surface area contributed by atoms with E-state index >= 15 is 0 Å². The number of hydrogen-bond acceptors (Lipinski definition) is 3. The van der Waals surface area contributed by atoms with Gasteiger partial charge in [-0.3, -0.25) is 9.59 Å². The van der Waals surface area contributed by atoms with Crippen molar-refractivity contribution in [3.8, 4) is 5.75 Å². The van der Waals surface area contributed by atoms with Crippen molar-refractivity contribution in [3.63, 3.8) is 0 Å². The summed E-state index contributed by atoms with van der Waals surface area (Å²) in [6, 6.07) is 4.02. The number of nitrogens with one attached hydrogen (secondary N) is 1. The summed E-state index contributed by atoms with van der Waals surface area (Å²) in [4.78, 5) is 26.5. The zero-order chi connectivity index (χ0) is 19.6. The Hall–Kier alpha value is -1.96. The van der Waals surface area contributed by atoms with Gasteiger partial charge in [-0.25, -0.2) is 0 Å². The number of likely N-dealkylation sites (tertiary alicyclic amines) is 1. The van der Waals surface area contributed by atoms with E-state index in [2.05, 4.69) is 5.32 Å². The molecule has 5 nitrogen and oxygen atoms in total. The van der Waals surface area contributed by atoms with Crippen LogP contribution in [0.5, 0.6) is 5.75 Å². The third-order valence-corrected chi connectivity index (χ3v) is 4.86. The summed E-state index contributed by atoms with van der Waals surface area (Å²) >= 11 is 5.90. The highest BCUT2D eigenvalue weighted by molar-refractivity contribution is 6.31. The molecule has 1 aromatic rings. The zero-order valence-corrected chi connectivity index (χ0v) is 15.3. The number of halogens is 4. The SMILES string of the molecule is O=C(Nc1cc(Cl)ccc1OCC(F)(F)F)[C@H]1CCCN(C(=O)C2CC2)C1. The average molecular weight is 405 g/mol. The summed E-state index contributed by atoms with van der Waals surface area (Å²) in [6.07, 6.45) is -1.37. The molecule has 9 heteroatoms. The maximum absolute atomic E-state index is 12.6. The number of piperidine rings is 1. The van der Waals surface area contributed by atoms with E-state index in [1.807, 2.05) is 0 Å². The van der Waals surface area contributed by atoms with Gasteiger partial charge < -0.3 is 15.0 Å². The minimum atomic E-state index is -4.49. The van der Waals surface area contributed by atoms with Crippen molar-refractivity contribution in [1.82, 2.24) is 4.90 Å². The van der Waals surface area contributed by atoms with Gasteiger partial charge in [0.25, 0.3) is 0 Å². The standard InChI is InChI=1S/C18H20ClF3N2O3/c19-13-5-6-15(27-10-18(20,21)22)14(8-13)23-16(25)12-2-1-7-24(9-12)17(26)11-3-4-11/h5-6,8,11-12H,1-4,7,9-10H2,(H,23,25)/t12-/m0/s1. The minimum Gasteiger partial charge on any atom is -0.482 e. The van der Waals surface area contributed by atoms with Crippen LogP contribution in [0.4, 0.5) is 18.9 Å². The number of carbonyl (C=O) groups is 2. The first-order valence-corrected chi connectivity index (χ1v) is 9.19. The maximum Gasteiger partial charge on any atom is 0.422 e. The molecule has 0 bridgehead atoms. The van der Waals surface area contributed by atoms with Crippen molar-refractivity contribution in [2.24, 2.45) is 11.8 Å². The molecule has 2 aliphatic rings. The highest BCUT2D eigenvalue weighted by Crippen LogP contribution is 2.33. The van der Waals surface area contributed by atoms with Crippen LogP contribution in [0.3, 0.4) is 0 Å². The van der Waals surface area contributed by atoms with Crippen LogP contribution in [0.2, 0.25) is 5.02 Å². The van der Waals surface area contributed by atoms with E-state index in [-0.39, 0.29) is 34.2 Å². The third kappa shape index (κ3) is 5.51. The molecular formula is C18H20ClF3N2O3. The van der Waals surface area contributed by atoms with Crippen LogP contribution in [0.1, 0.15) is 25.7 Å². The van der Waals surface area contributed by atoms with Gasteiger partial charge in [-0.2, -0.15) is 13.2 Å². The van der Waals surface area contributed by atoms with Gasteiger partial charge in [-0.15, -0.1) is 0 Å². The Bertz CT molecular complexity index is 722. The molecule has 1 N–H and O–H groups in total. The van der Waals surface area contributed by atoms with Gasteiger partial charge in [0.05, 0.1) is 11.6 Å². The van der Waals surface area contributed by atoms with Gasteiger partial charge in [-0.05, 0) is 43.9 Å². The van der Waals surface area contributed by atoms with Gasteiger partial charge in [0.1, 0.15) is 5.75 Å². The fourth-order valence-corrected chi connectivity index (χ4v) is 3.27. The Morgan fingerprint density at radius 1 is 1.22 bits per heavy atom. The zero-order valence-electron chi connectivity index (χ0n) is 14.5. The van der Waals surface area contributed by atoms with Gasteiger partial charge >= 0.3 is 6.18 Å². The molecule has 1 aromatic carbocycles. The number of amides is 2. The number of hydrogen-bond donors (Lipinski definition) is 1. The molecule has 3 rings (SSSR count). The van der Waals surface area contributed by atoms with Crippen molar-refractivity contribution < 1.29 is 27.5 Å². The first-order valence-electron chi connectivity index (χ1n) is 8.81. The fraction of sp³-hybridized carbons (Fsp3) is 0.556. The average Bonchev–Trinajstić information content (AvgIpc) is 3.45. The number of benzene rings is 1. The number of alkyl halides is 3. The molecule has 1 atom stereocenters. The van der Waals surface area contributed by atoms with Gasteiger partial charge in [0.15, 0.2) is 6.61 Å². The molecule has 148 valence electrons. The lowest BCUT2D eigenvalue weighted by atomic mass is 9.96. The summed E-state index contributed by atoms with van der Waals surface area (Å²) in [6.45, 7) is -0.513. The van der Waals surface area contributed by atoms with E-state index in [4.69, 9.17) is 16.3 Å². The molecule has 27 heavy (non-hydrogen) atoms. The Morgan fingerprint density at radius 2 is 1.96 bits per heavy atom. The van der Waals surface area contributed by atoms with E-state index in [9.17, 15) is 22.8 Å².